The van der Waals surface area contributed by atoms with Crippen LogP contribution < -0.4 is 5.32 Å². The van der Waals surface area contributed by atoms with Crippen molar-refractivity contribution < 1.29 is 19.4 Å². The summed E-state index contributed by atoms with van der Waals surface area (Å²) in [5, 5.41) is 11.8. The summed E-state index contributed by atoms with van der Waals surface area (Å²) in [6.07, 6.45) is 0.587. The molecule has 0 aromatic heterocycles. The molecule has 0 aromatic carbocycles. The maximum absolute atomic E-state index is 11.5. The van der Waals surface area contributed by atoms with Crippen LogP contribution in [0.4, 0.5) is 4.79 Å². The van der Waals surface area contributed by atoms with E-state index >= 15 is 0 Å². The first-order valence-corrected chi connectivity index (χ1v) is 6.16. The van der Waals surface area contributed by atoms with Crippen molar-refractivity contribution in [2.75, 3.05) is 6.54 Å². The standard InChI is InChI=1S/C13H23NO4/c1-11(2,3)18-10(17)14-8-13(9(15)16)6-12(4,5)7-13/h6-8H2,1-5H3,(H,14,17)(H,15,16). The number of aliphatic carboxylic acids is 1. The lowest BCUT2D eigenvalue weighted by Crippen LogP contribution is -2.55. The van der Waals surface area contributed by atoms with E-state index in [0.717, 1.165) is 0 Å². The number of amides is 1. The minimum absolute atomic E-state index is 0.0357. The van der Waals surface area contributed by atoms with Gasteiger partial charge in [0.05, 0.1) is 5.41 Å². The maximum Gasteiger partial charge on any atom is 0.407 e. The zero-order valence-corrected chi connectivity index (χ0v) is 11.8. The van der Waals surface area contributed by atoms with Crippen LogP contribution >= 0.6 is 0 Å². The normalized spacial score (nSPS) is 20.7. The summed E-state index contributed by atoms with van der Waals surface area (Å²) < 4.78 is 5.09. The molecule has 0 aromatic rings. The van der Waals surface area contributed by atoms with Gasteiger partial charge in [-0.05, 0) is 39.0 Å². The van der Waals surface area contributed by atoms with E-state index in [0.29, 0.717) is 12.8 Å². The molecule has 0 radical (unpaired) electrons. The fourth-order valence-corrected chi connectivity index (χ4v) is 2.69. The van der Waals surface area contributed by atoms with Gasteiger partial charge in [0.25, 0.3) is 0 Å². The highest BCUT2D eigenvalue weighted by molar-refractivity contribution is 5.78. The van der Waals surface area contributed by atoms with E-state index in [1.807, 2.05) is 13.8 Å². The van der Waals surface area contributed by atoms with Crippen molar-refractivity contribution in [3.8, 4) is 0 Å². The number of carboxylic acids is 1. The van der Waals surface area contributed by atoms with E-state index in [2.05, 4.69) is 5.32 Å². The van der Waals surface area contributed by atoms with Crippen LogP contribution in [0.15, 0.2) is 0 Å². The molecule has 0 aliphatic heterocycles. The van der Waals surface area contributed by atoms with Crippen molar-refractivity contribution in [1.82, 2.24) is 5.32 Å². The number of nitrogens with one attached hydrogen (secondary N) is 1. The minimum atomic E-state index is -0.849. The maximum atomic E-state index is 11.5. The second kappa shape index (κ2) is 4.44. The molecule has 1 fully saturated rings. The fraction of sp³-hybridized carbons (Fsp3) is 0.846. The molecule has 1 rings (SSSR count). The van der Waals surface area contributed by atoms with Gasteiger partial charge in [-0.2, -0.15) is 0 Å². The van der Waals surface area contributed by atoms with E-state index in [4.69, 9.17) is 4.74 Å². The van der Waals surface area contributed by atoms with E-state index in [1.165, 1.54) is 0 Å². The summed E-state index contributed by atoms with van der Waals surface area (Å²) in [6, 6.07) is 0. The Hall–Kier alpha value is -1.26. The molecular weight excluding hydrogens is 234 g/mol. The number of hydrogen-bond acceptors (Lipinski definition) is 3. The zero-order valence-electron chi connectivity index (χ0n) is 11.8. The average Bonchev–Trinajstić information content (AvgIpc) is 2.07. The molecule has 0 spiro atoms. The van der Waals surface area contributed by atoms with Crippen LogP contribution in [0, 0.1) is 10.8 Å². The third-order valence-corrected chi connectivity index (χ3v) is 3.06. The van der Waals surface area contributed by atoms with E-state index < -0.39 is 23.1 Å². The topological polar surface area (TPSA) is 75.6 Å². The molecule has 2 N–H and O–H groups in total. The van der Waals surface area contributed by atoms with E-state index in [9.17, 15) is 14.7 Å². The van der Waals surface area contributed by atoms with Crippen molar-refractivity contribution in [2.24, 2.45) is 10.8 Å². The lowest BCUT2D eigenvalue weighted by molar-refractivity contribution is -0.162. The summed E-state index contributed by atoms with van der Waals surface area (Å²) in [5.41, 5.74) is -1.37. The van der Waals surface area contributed by atoms with Crippen LogP contribution in [0.25, 0.3) is 0 Å². The van der Waals surface area contributed by atoms with Gasteiger partial charge in [-0.25, -0.2) is 4.79 Å². The van der Waals surface area contributed by atoms with Gasteiger partial charge in [-0.1, -0.05) is 13.8 Å². The van der Waals surface area contributed by atoms with Crippen LogP contribution in [0.3, 0.4) is 0 Å². The Morgan fingerprint density at radius 3 is 2.11 bits per heavy atom. The van der Waals surface area contributed by atoms with E-state index in [-0.39, 0.29) is 12.0 Å². The number of rotatable bonds is 3. The minimum Gasteiger partial charge on any atom is -0.481 e. The molecule has 5 heteroatoms. The average molecular weight is 257 g/mol. The summed E-state index contributed by atoms with van der Waals surface area (Å²) in [7, 11) is 0. The Kier molecular flexibility index (Phi) is 3.65. The van der Waals surface area contributed by atoms with Crippen molar-refractivity contribution in [1.29, 1.82) is 0 Å². The summed E-state index contributed by atoms with van der Waals surface area (Å²) in [4.78, 5) is 22.8. The van der Waals surface area contributed by atoms with Gasteiger partial charge in [0, 0.05) is 6.54 Å². The van der Waals surface area contributed by atoms with Gasteiger partial charge in [-0.3, -0.25) is 4.79 Å². The second-order valence-corrected chi connectivity index (χ2v) is 6.96. The predicted molar refractivity (Wildman–Crippen MR) is 67.3 cm³/mol. The molecule has 18 heavy (non-hydrogen) atoms. The van der Waals surface area contributed by atoms with Gasteiger partial charge in [0.2, 0.25) is 0 Å². The Morgan fingerprint density at radius 1 is 1.28 bits per heavy atom. The Bertz CT molecular complexity index is 346. The van der Waals surface area contributed by atoms with Gasteiger partial charge < -0.3 is 15.2 Å². The molecular formula is C13H23NO4. The molecule has 1 amide bonds. The monoisotopic (exact) mass is 257 g/mol. The highest BCUT2D eigenvalue weighted by Gasteiger charge is 2.54. The molecule has 0 atom stereocenters. The first-order chi connectivity index (χ1) is 7.96. The van der Waals surface area contributed by atoms with Gasteiger partial charge in [0.15, 0.2) is 0 Å². The van der Waals surface area contributed by atoms with Crippen LogP contribution in [0.1, 0.15) is 47.5 Å². The van der Waals surface area contributed by atoms with Crippen LogP contribution in [-0.4, -0.2) is 29.3 Å². The number of ether oxygens (including phenoxy) is 1. The highest BCUT2D eigenvalue weighted by Crippen LogP contribution is 2.53. The van der Waals surface area contributed by atoms with Gasteiger partial charge in [0.1, 0.15) is 5.60 Å². The van der Waals surface area contributed by atoms with Crippen molar-refractivity contribution in [2.45, 2.75) is 53.1 Å². The quantitative estimate of drug-likeness (QED) is 0.814. The zero-order chi connectivity index (χ0) is 14.2. The molecule has 5 nitrogen and oxygen atoms in total. The lowest BCUT2D eigenvalue weighted by atomic mass is 9.54. The predicted octanol–water partition coefficient (Wildman–Crippen LogP) is 2.40. The van der Waals surface area contributed by atoms with Crippen LogP contribution in [0.5, 0.6) is 0 Å². The molecule has 1 saturated carbocycles. The van der Waals surface area contributed by atoms with Crippen molar-refractivity contribution in [3.63, 3.8) is 0 Å². The largest absolute Gasteiger partial charge is 0.481 e. The summed E-state index contributed by atoms with van der Waals surface area (Å²) in [6.45, 7) is 9.49. The Labute approximate surface area is 108 Å². The number of hydrogen-bond donors (Lipinski definition) is 2. The van der Waals surface area contributed by atoms with Gasteiger partial charge in [-0.15, -0.1) is 0 Å². The molecule has 0 heterocycles. The Balaban J connectivity index is 2.51. The second-order valence-electron chi connectivity index (χ2n) is 6.96. The number of carbonyl (C=O) groups is 2. The molecule has 1 aliphatic carbocycles. The molecule has 1 aliphatic rings. The molecule has 0 bridgehead atoms. The summed E-state index contributed by atoms with van der Waals surface area (Å²) >= 11 is 0. The SMILES string of the molecule is CC1(C)CC(CNC(=O)OC(C)(C)C)(C(=O)O)C1. The fourth-order valence-electron chi connectivity index (χ4n) is 2.69. The van der Waals surface area contributed by atoms with E-state index in [1.54, 1.807) is 20.8 Å². The first-order valence-electron chi connectivity index (χ1n) is 6.16. The number of alkyl carbamates (subject to hydrolysis) is 1. The first kappa shape index (κ1) is 14.8. The van der Waals surface area contributed by atoms with Gasteiger partial charge >= 0.3 is 12.1 Å². The third kappa shape index (κ3) is 3.62. The number of carboxylic acid groups (broad SMARTS) is 1. The third-order valence-electron chi connectivity index (χ3n) is 3.06. The van der Waals surface area contributed by atoms with Crippen LogP contribution in [0.2, 0.25) is 0 Å². The highest BCUT2D eigenvalue weighted by atomic mass is 16.6. The van der Waals surface area contributed by atoms with Crippen molar-refractivity contribution >= 4 is 12.1 Å². The molecule has 0 saturated heterocycles. The Morgan fingerprint density at radius 2 is 1.78 bits per heavy atom. The lowest BCUT2D eigenvalue weighted by Gasteiger charge is -2.50. The van der Waals surface area contributed by atoms with Crippen LogP contribution in [-0.2, 0) is 9.53 Å². The van der Waals surface area contributed by atoms with Crippen molar-refractivity contribution in [3.05, 3.63) is 0 Å². The number of carbonyl (C=O) groups excluding carboxylic acids is 1. The summed E-state index contributed by atoms with van der Waals surface area (Å²) in [5.74, 6) is -0.849. The molecule has 104 valence electrons. The molecule has 0 unspecified atom stereocenters. The smallest absolute Gasteiger partial charge is 0.407 e.